The molecule has 170 valence electrons. The van der Waals surface area contributed by atoms with E-state index in [0.717, 1.165) is 42.0 Å². The number of hydrogen-bond donors (Lipinski definition) is 1. The molecule has 1 amide bonds. The maximum absolute atomic E-state index is 13.2. The summed E-state index contributed by atoms with van der Waals surface area (Å²) in [6.07, 6.45) is 2.00. The van der Waals surface area contributed by atoms with E-state index < -0.39 is 21.8 Å². The molecule has 1 unspecified atom stereocenters. The van der Waals surface area contributed by atoms with Crippen molar-refractivity contribution in [2.24, 2.45) is 5.92 Å². The maximum atomic E-state index is 13.2. The van der Waals surface area contributed by atoms with Crippen LogP contribution in [-0.2, 0) is 21.4 Å². The molecule has 0 radical (unpaired) electrons. The molecule has 4 rings (SSSR count). The quantitative estimate of drug-likeness (QED) is 0.552. The molecule has 9 heteroatoms. The summed E-state index contributed by atoms with van der Waals surface area (Å²) in [5, 5.41) is 2.96. The fourth-order valence-corrected chi connectivity index (χ4v) is 5.73. The van der Waals surface area contributed by atoms with E-state index in [-0.39, 0.29) is 17.3 Å². The number of nitrogens with one attached hydrogen (secondary N) is 1. The first kappa shape index (κ1) is 22.4. The summed E-state index contributed by atoms with van der Waals surface area (Å²) in [7, 11) is -3.75. The number of rotatable bonds is 7. The molecule has 7 nitrogen and oxygen atoms in total. The number of halogens is 1. The van der Waals surface area contributed by atoms with Gasteiger partial charge in [0.15, 0.2) is 0 Å². The number of sulfonamides is 1. The summed E-state index contributed by atoms with van der Waals surface area (Å²) >= 11 is 0. The number of carbonyl (C=O) groups excluding carboxylic acids is 1. The van der Waals surface area contributed by atoms with Crippen LogP contribution in [0.5, 0.6) is 0 Å². The number of nitrogens with zero attached hydrogens (tertiary/aromatic N) is 3. The molecule has 0 bridgehead atoms. The van der Waals surface area contributed by atoms with E-state index in [4.69, 9.17) is 0 Å². The van der Waals surface area contributed by atoms with Gasteiger partial charge in [-0.25, -0.2) is 17.8 Å². The van der Waals surface area contributed by atoms with Gasteiger partial charge in [0.2, 0.25) is 15.9 Å². The van der Waals surface area contributed by atoms with Crippen LogP contribution >= 0.6 is 0 Å². The molecule has 0 aliphatic carbocycles. The highest BCUT2D eigenvalue weighted by atomic mass is 32.2. The van der Waals surface area contributed by atoms with Crippen molar-refractivity contribution < 1.29 is 17.6 Å². The van der Waals surface area contributed by atoms with E-state index in [2.05, 4.69) is 14.9 Å². The van der Waals surface area contributed by atoms with Crippen LogP contribution in [0.15, 0.2) is 53.4 Å². The third-order valence-corrected chi connectivity index (χ3v) is 7.79. The SMILES string of the molecule is Cc1nc2ccccc2n1CCCNC(=O)C1CCCN(S(=O)(=O)c2ccc(F)cc2)C1. The van der Waals surface area contributed by atoms with Crippen LogP contribution < -0.4 is 5.32 Å². The smallest absolute Gasteiger partial charge is 0.243 e. The fourth-order valence-electron chi connectivity index (χ4n) is 4.20. The van der Waals surface area contributed by atoms with Gasteiger partial charge in [-0.3, -0.25) is 4.79 Å². The van der Waals surface area contributed by atoms with Gasteiger partial charge < -0.3 is 9.88 Å². The van der Waals surface area contributed by atoms with Gasteiger partial charge in [-0.05, 0) is 62.6 Å². The molecule has 1 N–H and O–H groups in total. The molecule has 1 fully saturated rings. The lowest BCUT2D eigenvalue weighted by Crippen LogP contribution is -2.45. The predicted octanol–water partition coefficient (Wildman–Crippen LogP) is 3.09. The van der Waals surface area contributed by atoms with E-state index in [1.807, 2.05) is 31.2 Å². The van der Waals surface area contributed by atoms with Crippen molar-refractivity contribution in [3.63, 3.8) is 0 Å². The first-order valence-corrected chi connectivity index (χ1v) is 12.3. The van der Waals surface area contributed by atoms with Gasteiger partial charge in [0.25, 0.3) is 0 Å². The monoisotopic (exact) mass is 458 g/mol. The third kappa shape index (κ3) is 4.68. The predicted molar refractivity (Wildman–Crippen MR) is 120 cm³/mol. The summed E-state index contributed by atoms with van der Waals surface area (Å²) < 4.78 is 42.3. The minimum atomic E-state index is -3.75. The summed E-state index contributed by atoms with van der Waals surface area (Å²) in [6.45, 7) is 3.71. The van der Waals surface area contributed by atoms with Crippen LogP contribution in [-0.4, -0.2) is 47.8 Å². The van der Waals surface area contributed by atoms with Gasteiger partial charge in [0.05, 0.1) is 21.8 Å². The highest BCUT2D eigenvalue weighted by Gasteiger charge is 2.33. The number of hydrogen-bond acceptors (Lipinski definition) is 4. The number of fused-ring (bicyclic) bond motifs is 1. The zero-order valence-corrected chi connectivity index (χ0v) is 18.8. The molecule has 3 aromatic rings. The second kappa shape index (κ2) is 9.38. The van der Waals surface area contributed by atoms with Crippen molar-refractivity contribution in [1.29, 1.82) is 0 Å². The number of aryl methyl sites for hydroxylation is 2. The van der Waals surface area contributed by atoms with E-state index >= 15 is 0 Å². The summed E-state index contributed by atoms with van der Waals surface area (Å²) in [5.74, 6) is -0.0730. The first-order valence-electron chi connectivity index (χ1n) is 10.8. The average molecular weight is 459 g/mol. The minimum absolute atomic E-state index is 0.0443. The van der Waals surface area contributed by atoms with Crippen LogP contribution in [0, 0.1) is 18.7 Å². The summed E-state index contributed by atoms with van der Waals surface area (Å²) in [5.41, 5.74) is 2.03. The van der Waals surface area contributed by atoms with Gasteiger partial charge in [0, 0.05) is 26.2 Å². The van der Waals surface area contributed by atoms with Crippen LogP contribution in [0.2, 0.25) is 0 Å². The van der Waals surface area contributed by atoms with E-state index in [1.165, 1.54) is 16.4 Å². The van der Waals surface area contributed by atoms with E-state index in [1.54, 1.807) is 0 Å². The molecule has 2 heterocycles. The second-order valence-corrected chi connectivity index (χ2v) is 10.0. The number of aromatic nitrogens is 2. The lowest BCUT2D eigenvalue weighted by molar-refractivity contribution is -0.126. The van der Waals surface area contributed by atoms with Crippen LogP contribution in [0.1, 0.15) is 25.1 Å². The number of piperidine rings is 1. The Hall–Kier alpha value is -2.78. The number of amides is 1. The van der Waals surface area contributed by atoms with Gasteiger partial charge in [-0.1, -0.05) is 12.1 Å². The van der Waals surface area contributed by atoms with Gasteiger partial charge >= 0.3 is 0 Å². The Bertz CT molecular complexity index is 1210. The van der Waals surface area contributed by atoms with E-state index in [0.29, 0.717) is 25.9 Å². The molecule has 1 aliphatic heterocycles. The van der Waals surface area contributed by atoms with Crippen LogP contribution in [0.3, 0.4) is 0 Å². The standard InChI is InChI=1S/C23H27FN4O3S/c1-17-26-21-7-2-3-8-22(21)28(17)15-5-13-25-23(29)18-6-4-14-27(16-18)32(30,31)20-11-9-19(24)10-12-20/h2-3,7-12,18H,4-6,13-16H2,1H3,(H,25,29). The fraction of sp³-hybridized carbons (Fsp3) is 0.391. The number of benzene rings is 2. The normalized spacial score (nSPS) is 17.5. The highest BCUT2D eigenvalue weighted by molar-refractivity contribution is 7.89. The van der Waals surface area contributed by atoms with Crippen molar-refractivity contribution in [2.45, 2.75) is 37.6 Å². The molecule has 1 aromatic heterocycles. The first-order chi connectivity index (χ1) is 15.4. The molecule has 0 saturated carbocycles. The number of imidazole rings is 1. The molecule has 32 heavy (non-hydrogen) atoms. The Labute approximate surface area is 187 Å². The lowest BCUT2D eigenvalue weighted by Gasteiger charge is -2.31. The van der Waals surface area contributed by atoms with Gasteiger partial charge in [-0.15, -0.1) is 0 Å². The van der Waals surface area contributed by atoms with Crippen molar-refractivity contribution in [1.82, 2.24) is 19.2 Å². The zero-order chi connectivity index (χ0) is 22.7. The summed E-state index contributed by atoms with van der Waals surface area (Å²) in [6, 6.07) is 12.7. The Morgan fingerprint density at radius 1 is 1.19 bits per heavy atom. The largest absolute Gasteiger partial charge is 0.356 e. The lowest BCUT2D eigenvalue weighted by atomic mass is 9.99. The average Bonchev–Trinajstić information content (AvgIpc) is 3.12. The maximum Gasteiger partial charge on any atom is 0.243 e. The third-order valence-electron chi connectivity index (χ3n) is 5.91. The summed E-state index contributed by atoms with van der Waals surface area (Å²) in [4.78, 5) is 17.3. The molecule has 2 aromatic carbocycles. The Kier molecular flexibility index (Phi) is 6.57. The number of para-hydroxylation sites is 2. The van der Waals surface area contributed by atoms with Crippen LogP contribution in [0.25, 0.3) is 11.0 Å². The van der Waals surface area contributed by atoms with Gasteiger partial charge in [-0.2, -0.15) is 4.31 Å². The van der Waals surface area contributed by atoms with E-state index in [9.17, 15) is 17.6 Å². The minimum Gasteiger partial charge on any atom is -0.356 e. The Balaban J connectivity index is 1.31. The van der Waals surface area contributed by atoms with Gasteiger partial charge in [0.1, 0.15) is 11.6 Å². The molecule has 1 atom stereocenters. The van der Waals surface area contributed by atoms with Crippen molar-refractivity contribution in [2.75, 3.05) is 19.6 Å². The Morgan fingerprint density at radius 2 is 1.94 bits per heavy atom. The van der Waals surface area contributed by atoms with Crippen molar-refractivity contribution >= 4 is 27.0 Å². The van der Waals surface area contributed by atoms with Crippen molar-refractivity contribution in [3.8, 4) is 0 Å². The topological polar surface area (TPSA) is 84.3 Å². The molecular weight excluding hydrogens is 431 g/mol. The molecular formula is C23H27FN4O3S. The van der Waals surface area contributed by atoms with Crippen molar-refractivity contribution in [3.05, 3.63) is 60.2 Å². The highest BCUT2D eigenvalue weighted by Crippen LogP contribution is 2.24. The molecule has 1 saturated heterocycles. The molecule has 1 aliphatic rings. The number of carbonyl (C=O) groups is 1. The van der Waals surface area contributed by atoms with Crippen LogP contribution in [0.4, 0.5) is 4.39 Å². The zero-order valence-electron chi connectivity index (χ0n) is 18.0. The molecule has 0 spiro atoms. The Morgan fingerprint density at radius 3 is 2.72 bits per heavy atom. The second-order valence-electron chi connectivity index (χ2n) is 8.10.